The van der Waals surface area contributed by atoms with Crippen LogP contribution in [0.4, 0.5) is 10.5 Å². The van der Waals surface area contributed by atoms with E-state index in [2.05, 4.69) is 5.32 Å². The molecule has 0 atom stereocenters. The summed E-state index contributed by atoms with van der Waals surface area (Å²) in [6.07, 6.45) is 0. The second-order valence-corrected chi connectivity index (χ2v) is 6.30. The number of carbonyl (C=O) groups is 2. The molecule has 1 aromatic carbocycles. The zero-order valence-electron chi connectivity index (χ0n) is 11.1. The van der Waals surface area contributed by atoms with E-state index >= 15 is 0 Å². The van der Waals surface area contributed by atoms with Crippen molar-refractivity contribution in [2.75, 3.05) is 29.9 Å². The monoisotopic (exact) mass is 296 g/mol. The molecule has 2 rings (SSSR count). The van der Waals surface area contributed by atoms with Crippen molar-refractivity contribution in [1.29, 1.82) is 0 Å². The van der Waals surface area contributed by atoms with Crippen molar-refractivity contribution in [2.24, 2.45) is 0 Å². The molecule has 0 spiro atoms. The minimum Gasteiger partial charge on any atom is -0.478 e. The van der Waals surface area contributed by atoms with Crippen molar-refractivity contribution in [2.45, 2.75) is 6.92 Å². The first-order chi connectivity index (χ1) is 9.47. The molecular weight excluding hydrogens is 280 g/mol. The second-order valence-electron chi connectivity index (χ2n) is 4.60. The largest absolute Gasteiger partial charge is 0.478 e. The maximum Gasteiger partial charge on any atom is 0.335 e. The molecular formula is C13H16N2O4S. The first-order valence-electron chi connectivity index (χ1n) is 6.22. The standard InChI is InChI=1S/C13H16N2O4S/c1-9-8-10(2-3-11(9)12(16)17)14-13(18)15-4-6-20(19)7-5-15/h2-3,8H,4-7H2,1H3,(H,14,18)(H,16,17). The average molecular weight is 296 g/mol. The third kappa shape index (κ3) is 3.36. The minimum absolute atomic E-state index is 0.219. The molecule has 0 radical (unpaired) electrons. The van der Waals surface area contributed by atoms with Crippen molar-refractivity contribution in [3.63, 3.8) is 0 Å². The molecule has 108 valence electrons. The average Bonchev–Trinajstić information content (AvgIpc) is 2.39. The van der Waals surface area contributed by atoms with Crippen LogP contribution in [0.1, 0.15) is 15.9 Å². The molecule has 0 saturated carbocycles. The summed E-state index contributed by atoms with van der Waals surface area (Å²) in [5.74, 6) is 0.0216. The lowest BCUT2D eigenvalue weighted by molar-refractivity contribution is 0.0696. The highest BCUT2D eigenvalue weighted by molar-refractivity contribution is 7.85. The topological polar surface area (TPSA) is 86.7 Å². The number of nitrogens with one attached hydrogen (secondary N) is 1. The Morgan fingerprint density at radius 1 is 1.30 bits per heavy atom. The highest BCUT2D eigenvalue weighted by Crippen LogP contribution is 2.16. The Morgan fingerprint density at radius 3 is 2.50 bits per heavy atom. The number of nitrogens with zero attached hydrogens (tertiary/aromatic N) is 1. The summed E-state index contributed by atoms with van der Waals surface area (Å²) in [6.45, 7) is 2.64. The summed E-state index contributed by atoms with van der Waals surface area (Å²) in [4.78, 5) is 24.5. The fourth-order valence-corrected chi connectivity index (χ4v) is 3.08. The summed E-state index contributed by atoms with van der Waals surface area (Å²) in [7, 11) is -0.823. The zero-order valence-corrected chi connectivity index (χ0v) is 11.9. The van der Waals surface area contributed by atoms with Gasteiger partial charge in [-0.15, -0.1) is 0 Å². The molecule has 0 aromatic heterocycles. The van der Waals surface area contributed by atoms with Gasteiger partial charge in [-0.05, 0) is 30.7 Å². The van der Waals surface area contributed by atoms with Gasteiger partial charge in [0.1, 0.15) is 0 Å². The number of carboxylic acids is 1. The molecule has 1 aromatic rings. The van der Waals surface area contributed by atoms with E-state index in [-0.39, 0.29) is 11.6 Å². The van der Waals surface area contributed by atoms with E-state index in [9.17, 15) is 13.8 Å². The molecule has 7 heteroatoms. The van der Waals surface area contributed by atoms with Crippen molar-refractivity contribution in [3.8, 4) is 0 Å². The predicted molar refractivity (Wildman–Crippen MR) is 76.6 cm³/mol. The summed E-state index contributed by atoms with van der Waals surface area (Å²) >= 11 is 0. The van der Waals surface area contributed by atoms with E-state index in [1.165, 1.54) is 6.07 Å². The fraction of sp³-hybridized carbons (Fsp3) is 0.385. The Morgan fingerprint density at radius 2 is 1.95 bits per heavy atom. The SMILES string of the molecule is Cc1cc(NC(=O)N2CCS(=O)CC2)ccc1C(=O)O. The van der Waals surface area contributed by atoms with Crippen molar-refractivity contribution in [3.05, 3.63) is 29.3 Å². The van der Waals surface area contributed by atoms with Gasteiger partial charge in [0.15, 0.2) is 0 Å². The molecule has 1 aliphatic heterocycles. The summed E-state index contributed by atoms with van der Waals surface area (Å²) in [6, 6.07) is 4.42. The number of hydrogen-bond donors (Lipinski definition) is 2. The summed E-state index contributed by atoms with van der Waals surface area (Å²) < 4.78 is 11.2. The van der Waals surface area contributed by atoms with Gasteiger partial charge in [0.2, 0.25) is 0 Å². The lowest BCUT2D eigenvalue weighted by Crippen LogP contribution is -2.43. The van der Waals surface area contributed by atoms with Gasteiger partial charge in [0.05, 0.1) is 5.56 Å². The van der Waals surface area contributed by atoms with E-state index in [0.29, 0.717) is 35.8 Å². The minimum atomic E-state index is -0.987. The van der Waals surface area contributed by atoms with Gasteiger partial charge in [-0.1, -0.05) is 0 Å². The zero-order chi connectivity index (χ0) is 14.7. The van der Waals surface area contributed by atoms with Gasteiger partial charge in [-0.3, -0.25) is 4.21 Å². The number of aromatic carboxylic acids is 1. The molecule has 1 heterocycles. The molecule has 1 aliphatic rings. The van der Waals surface area contributed by atoms with Crippen molar-refractivity contribution in [1.82, 2.24) is 4.90 Å². The first kappa shape index (κ1) is 14.5. The van der Waals surface area contributed by atoms with E-state index in [1.54, 1.807) is 24.0 Å². The molecule has 0 aliphatic carbocycles. The van der Waals surface area contributed by atoms with Crippen LogP contribution in [0.25, 0.3) is 0 Å². The van der Waals surface area contributed by atoms with Crippen LogP contribution in [-0.4, -0.2) is 50.8 Å². The van der Waals surface area contributed by atoms with E-state index in [0.717, 1.165) is 0 Å². The summed E-state index contributed by atoms with van der Waals surface area (Å²) in [5, 5.41) is 11.7. The van der Waals surface area contributed by atoms with Crippen LogP contribution in [0.2, 0.25) is 0 Å². The molecule has 6 nitrogen and oxygen atoms in total. The number of carbonyl (C=O) groups excluding carboxylic acids is 1. The van der Waals surface area contributed by atoms with Crippen LogP contribution in [0, 0.1) is 6.92 Å². The highest BCUT2D eigenvalue weighted by atomic mass is 32.2. The lowest BCUT2D eigenvalue weighted by Gasteiger charge is -2.26. The number of rotatable bonds is 2. The fourth-order valence-electron chi connectivity index (χ4n) is 2.02. The first-order valence-corrected chi connectivity index (χ1v) is 7.71. The maximum atomic E-state index is 12.0. The van der Waals surface area contributed by atoms with Gasteiger partial charge in [-0.2, -0.15) is 0 Å². The van der Waals surface area contributed by atoms with Crippen LogP contribution in [-0.2, 0) is 10.8 Å². The number of benzene rings is 1. The quantitative estimate of drug-likeness (QED) is 0.861. The van der Waals surface area contributed by atoms with E-state index in [4.69, 9.17) is 5.11 Å². The third-order valence-electron chi connectivity index (χ3n) is 3.17. The Labute approximate surface area is 119 Å². The number of hydrogen-bond acceptors (Lipinski definition) is 3. The van der Waals surface area contributed by atoms with Crippen LogP contribution in [0.15, 0.2) is 18.2 Å². The van der Waals surface area contributed by atoms with Gasteiger partial charge < -0.3 is 15.3 Å². The van der Waals surface area contributed by atoms with Crippen LogP contribution >= 0.6 is 0 Å². The molecule has 0 unspecified atom stereocenters. The van der Waals surface area contributed by atoms with Gasteiger partial charge in [-0.25, -0.2) is 9.59 Å². The highest BCUT2D eigenvalue weighted by Gasteiger charge is 2.20. The maximum absolute atomic E-state index is 12.0. The van der Waals surface area contributed by atoms with Crippen LogP contribution < -0.4 is 5.32 Å². The predicted octanol–water partition coefficient (Wildman–Crippen LogP) is 1.29. The van der Waals surface area contributed by atoms with Gasteiger partial charge in [0.25, 0.3) is 0 Å². The normalized spacial score (nSPS) is 15.9. The second kappa shape index (κ2) is 6.04. The Balaban J connectivity index is 2.03. The molecule has 20 heavy (non-hydrogen) atoms. The van der Waals surface area contributed by atoms with Gasteiger partial charge in [0, 0.05) is 41.1 Å². The Hall–Kier alpha value is -1.89. The number of aryl methyl sites for hydroxylation is 1. The number of urea groups is 1. The Kier molecular flexibility index (Phi) is 4.39. The number of amides is 2. The Bertz CT molecular complexity index is 563. The smallest absolute Gasteiger partial charge is 0.335 e. The summed E-state index contributed by atoms with van der Waals surface area (Å²) in [5.41, 5.74) is 1.37. The lowest BCUT2D eigenvalue weighted by atomic mass is 10.1. The number of carboxylic acid groups (broad SMARTS) is 1. The third-order valence-corrected chi connectivity index (χ3v) is 4.45. The van der Waals surface area contributed by atoms with Crippen molar-refractivity contribution < 1.29 is 18.9 Å². The molecule has 1 saturated heterocycles. The molecule has 1 fully saturated rings. The molecule has 2 amide bonds. The molecule has 0 bridgehead atoms. The van der Waals surface area contributed by atoms with E-state index in [1.807, 2.05) is 0 Å². The molecule has 2 N–H and O–H groups in total. The van der Waals surface area contributed by atoms with Gasteiger partial charge >= 0.3 is 12.0 Å². The van der Waals surface area contributed by atoms with Crippen molar-refractivity contribution >= 4 is 28.5 Å². The number of anilines is 1. The van der Waals surface area contributed by atoms with E-state index < -0.39 is 16.8 Å². The van der Waals surface area contributed by atoms with Crippen LogP contribution in [0.5, 0.6) is 0 Å². The van der Waals surface area contributed by atoms with Crippen LogP contribution in [0.3, 0.4) is 0 Å².